The van der Waals surface area contributed by atoms with Gasteiger partial charge in [0, 0.05) is 4.83 Å². The molecule has 3 atom stereocenters. The summed E-state index contributed by atoms with van der Waals surface area (Å²) in [5.74, 6) is 1.18. The van der Waals surface area contributed by atoms with Gasteiger partial charge in [-0.2, -0.15) is 0 Å². The highest BCUT2D eigenvalue weighted by Gasteiger charge is 2.28. The summed E-state index contributed by atoms with van der Waals surface area (Å²) in [5.41, 5.74) is 3.59. The third-order valence-corrected chi connectivity index (χ3v) is 6.28. The molecule has 0 amide bonds. The van der Waals surface area contributed by atoms with Gasteiger partial charge in [-0.15, -0.1) is 0 Å². The van der Waals surface area contributed by atoms with E-state index in [0.717, 1.165) is 37.0 Å². The third-order valence-electron chi connectivity index (χ3n) is 5.54. The van der Waals surface area contributed by atoms with Crippen molar-refractivity contribution in [1.29, 1.82) is 0 Å². The second-order valence-electron chi connectivity index (χ2n) is 7.86. The maximum Gasteiger partial charge on any atom is 0.119 e. The van der Waals surface area contributed by atoms with Crippen LogP contribution in [0.3, 0.4) is 0 Å². The predicted molar refractivity (Wildman–Crippen MR) is 123 cm³/mol. The average molecular weight is 467 g/mol. The molecule has 0 radical (unpaired) electrons. The van der Waals surface area contributed by atoms with Gasteiger partial charge in [0.25, 0.3) is 0 Å². The fraction of sp³-hybridized carbons (Fsp3) is 0.308. The lowest BCUT2D eigenvalue weighted by molar-refractivity contribution is -0.0512. The zero-order valence-corrected chi connectivity index (χ0v) is 18.5. The highest BCUT2D eigenvalue weighted by Crippen LogP contribution is 2.36. The molecule has 0 bridgehead atoms. The van der Waals surface area contributed by atoms with E-state index in [-0.39, 0.29) is 18.0 Å². The second kappa shape index (κ2) is 10.1. The van der Waals surface area contributed by atoms with Gasteiger partial charge < -0.3 is 14.6 Å². The molecule has 0 saturated carbocycles. The van der Waals surface area contributed by atoms with Crippen LogP contribution >= 0.6 is 15.9 Å². The zero-order chi connectivity index (χ0) is 20.8. The number of benzene rings is 3. The number of ether oxygens (including phenoxy) is 2. The number of halogens is 1. The van der Waals surface area contributed by atoms with Crippen LogP contribution in [0.15, 0.2) is 78.9 Å². The van der Waals surface area contributed by atoms with E-state index in [1.165, 1.54) is 11.1 Å². The topological polar surface area (TPSA) is 38.7 Å². The molecule has 4 rings (SSSR count). The Kier molecular flexibility index (Phi) is 7.08. The molecule has 30 heavy (non-hydrogen) atoms. The smallest absolute Gasteiger partial charge is 0.119 e. The number of hydrogen-bond acceptors (Lipinski definition) is 3. The summed E-state index contributed by atoms with van der Waals surface area (Å²) in [6.45, 7) is 0.585. The van der Waals surface area contributed by atoms with Crippen LogP contribution < -0.4 is 4.74 Å². The first-order chi connectivity index (χ1) is 14.7. The maximum absolute atomic E-state index is 9.52. The van der Waals surface area contributed by atoms with Crippen LogP contribution in [0.25, 0.3) is 0 Å². The van der Waals surface area contributed by atoms with Crippen LogP contribution in [0.1, 0.15) is 42.1 Å². The SMILES string of the molecule is Oc1ccc([C@@H]2C[C@H](Br)C[C@H](CCc3ccc(OCc4ccccc4)cc3)O2)cc1. The van der Waals surface area contributed by atoms with Crippen molar-refractivity contribution in [2.75, 3.05) is 0 Å². The summed E-state index contributed by atoms with van der Waals surface area (Å²) in [4.78, 5) is 0.448. The van der Waals surface area contributed by atoms with Crippen LogP contribution in [0.5, 0.6) is 11.5 Å². The quantitative estimate of drug-likeness (QED) is 0.399. The van der Waals surface area contributed by atoms with Crippen LogP contribution in [0.4, 0.5) is 0 Å². The minimum atomic E-state index is 0.0717. The molecule has 0 aromatic heterocycles. The summed E-state index contributed by atoms with van der Waals surface area (Å²) >= 11 is 3.81. The summed E-state index contributed by atoms with van der Waals surface area (Å²) in [6.07, 6.45) is 4.23. The summed E-state index contributed by atoms with van der Waals surface area (Å²) < 4.78 is 12.3. The Hall–Kier alpha value is -2.30. The number of aryl methyl sites for hydroxylation is 1. The second-order valence-corrected chi connectivity index (χ2v) is 9.16. The Morgan fingerprint density at radius 1 is 0.867 bits per heavy atom. The first-order valence-electron chi connectivity index (χ1n) is 10.5. The Bertz CT molecular complexity index is 909. The van der Waals surface area contributed by atoms with Crippen LogP contribution in [-0.2, 0) is 17.8 Å². The van der Waals surface area contributed by atoms with E-state index in [2.05, 4.69) is 40.2 Å². The number of phenolic OH excluding ortho intramolecular Hbond substituents is 1. The number of aromatic hydroxyl groups is 1. The molecule has 0 spiro atoms. The molecular formula is C26H27BrO3. The molecule has 3 nitrogen and oxygen atoms in total. The number of hydrogen-bond donors (Lipinski definition) is 1. The maximum atomic E-state index is 9.52. The van der Waals surface area contributed by atoms with Crippen molar-refractivity contribution in [2.45, 2.75) is 49.3 Å². The highest BCUT2D eigenvalue weighted by atomic mass is 79.9. The Labute approximate surface area is 186 Å². The van der Waals surface area contributed by atoms with Crippen molar-refractivity contribution in [3.05, 3.63) is 95.6 Å². The molecule has 1 N–H and O–H groups in total. The zero-order valence-electron chi connectivity index (χ0n) is 16.9. The molecule has 0 aliphatic carbocycles. The van der Waals surface area contributed by atoms with Crippen molar-refractivity contribution in [3.63, 3.8) is 0 Å². The Balaban J connectivity index is 1.28. The Morgan fingerprint density at radius 3 is 2.33 bits per heavy atom. The van der Waals surface area contributed by atoms with Gasteiger partial charge in [-0.25, -0.2) is 0 Å². The van der Waals surface area contributed by atoms with Crippen molar-refractivity contribution in [1.82, 2.24) is 0 Å². The molecule has 4 heteroatoms. The van der Waals surface area contributed by atoms with Crippen LogP contribution in [-0.4, -0.2) is 16.0 Å². The van der Waals surface area contributed by atoms with Gasteiger partial charge in [0.1, 0.15) is 18.1 Å². The number of phenols is 1. The molecule has 0 unspecified atom stereocenters. The van der Waals surface area contributed by atoms with Gasteiger partial charge in [-0.3, -0.25) is 0 Å². The number of alkyl halides is 1. The van der Waals surface area contributed by atoms with Gasteiger partial charge in [0.2, 0.25) is 0 Å². The largest absolute Gasteiger partial charge is 0.508 e. The van der Waals surface area contributed by atoms with Gasteiger partial charge in [-0.1, -0.05) is 70.5 Å². The van der Waals surface area contributed by atoms with Crippen molar-refractivity contribution < 1.29 is 14.6 Å². The fourth-order valence-corrected chi connectivity index (χ4v) is 4.62. The average Bonchev–Trinajstić information content (AvgIpc) is 2.78. The Morgan fingerprint density at radius 2 is 1.60 bits per heavy atom. The standard InChI is InChI=1S/C26H27BrO3/c27-22-16-25(30-26(17-22)21-9-11-23(28)12-10-21)15-8-19-6-13-24(14-7-19)29-18-20-4-2-1-3-5-20/h1-7,9-14,22,25-26,28H,8,15-18H2/t22-,25+,26+/m1/s1. The molecule has 3 aromatic carbocycles. The molecule has 3 aromatic rings. The number of rotatable bonds is 7. The molecule has 1 aliphatic rings. The van der Waals surface area contributed by atoms with E-state index in [9.17, 15) is 5.11 Å². The molecule has 1 aliphatic heterocycles. The van der Waals surface area contributed by atoms with Crippen LogP contribution in [0, 0.1) is 0 Å². The van der Waals surface area contributed by atoms with Gasteiger partial charge in [-0.05, 0) is 66.6 Å². The van der Waals surface area contributed by atoms with Crippen molar-refractivity contribution in [3.8, 4) is 11.5 Å². The van der Waals surface area contributed by atoms with E-state index >= 15 is 0 Å². The summed E-state index contributed by atoms with van der Waals surface area (Å²) in [6, 6.07) is 26.0. The van der Waals surface area contributed by atoms with Gasteiger partial charge >= 0.3 is 0 Å². The van der Waals surface area contributed by atoms with Crippen LogP contribution in [0.2, 0.25) is 0 Å². The lowest BCUT2D eigenvalue weighted by Gasteiger charge is -2.33. The molecule has 156 valence electrons. The molecular weight excluding hydrogens is 440 g/mol. The monoisotopic (exact) mass is 466 g/mol. The fourth-order valence-electron chi connectivity index (χ4n) is 3.87. The summed E-state index contributed by atoms with van der Waals surface area (Å²) in [5, 5.41) is 9.52. The first-order valence-corrected chi connectivity index (χ1v) is 11.4. The minimum Gasteiger partial charge on any atom is -0.508 e. The normalized spacial score (nSPS) is 21.3. The molecule has 1 fully saturated rings. The molecule has 1 saturated heterocycles. The van der Waals surface area contributed by atoms with E-state index in [0.29, 0.717) is 11.4 Å². The van der Waals surface area contributed by atoms with Gasteiger partial charge in [0.15, 0.2) is 0 Å². The van der Waals surface area contributed by atoms with E-state index in [4.69, 9.17) is 9.47 Å². The predicted octanol–water partition coefficient (Wildman–Crippen LogP) is 6.59. The van der Waals surface area contributed by atoms with Gasteiger partial charge in [0.05, 0.1) is 12.2 Å². The minimum absolute atomic E-state index is 0.0717. The third kappa shape index (κ3) is 5.87. The van der Waals surface area contributed by atoms with E-state index < -0.39 is 0 Å². The van der Waals surface area contributed by atoms with E-state index in [1.54, 1.807) is 12.1 Å². The lowest BCUT2D eigenvalue weighted by atomic mass is 9.95. The highest BCUT2D eigenvalue weighted by molar-refractivity contribution is 9.09. The summed E-state index contributed by atoms with van der Waals surface area (Å²) in [7, 11) is 0. The first kappa shape index (κ1) is 21.0. The van der Waals surface area contributed by atoms with E-state index in [1.807, 2.05) is 42.5 Å². The van der Waals surface area contributed by atoms with Crippen molar-refractivity contribution in [2.24, 2.45) is 0 Å². The lowest BCUT2D eigenvalue weighted by Crippen LogP contribution is -2.29. The molecule has 1 heterocycles. The van der Waals surface area contributed by atoms with Crippen molar-refractivity contribution >= 4 is 15.9 Å².